The van der Waals surface area contributed by atoms with Crippen LogP contribution >= 0.6 is 11.3 Å². The molecule has 2 aromatic heterocycles. The van der Waals surface area contributed by atoms with Crippen molar-refractivity contribution >= 4 is 109 Å². The van der Waals surface area contributed by atoms with Gasteiger partial charge in [-0.25, -0.2) is 0 Å². The van der Waals surface area contributed by atoms with Crippen LogP contribution in [0.15, 0.2) is 199 Å². The molecule has 0 aliphatic rings. The number of benzene rings is 9. The number of furan rings is 1. The summed E-state index contributed by atoms with van der Waals surface area (Å²) in [5.74, 6) is 0. The molecule has 0 saturated heterocycles. The molecule has 11 rings (SSSR count). The minimum atomic E-state index is 0.876. The van der Waals surface area contributed by atoms with E-state index in [9.17, 15) is 0 Å². The lowest BCUT2D eigenvalue weighted by Gasteiger charge is -2.27. The van der Waals surface area contributed by atoms with E-state index < -0.39 is 0 Å². The molecule has 254 valence electrons. The maximum atomic E-state index is 6.72. The lowest BCUT2D eigenvalue weighted by molar-refractivity contribution is 0.669. The number of nitrogens with zero attached hydrogens (tertiary/aromatic N) is 2. The Balaban J connectivity index is 1.04. The highest BCUT2D eigenvalue weighted by Crippen LogP contribution is 2.46. The standard InChI is InChI=1S/C50H32N2OS/c1-3-17-35(18-4-1)51(45-23-11-15-33-13-7-9-21-39(33)45)37-25-27-41-43-32-50-44(31-48(43)53-47(41)29-37)42-28-26-38(30-49(42)54-50)52(36-19-5-2-6-20-36)46-24-12-16-34-14-8-10-22-40(34)46/h1-32H. The van der Waals surface area contributed by atoms with E-state index in [1.54, 1.807) is 0 Å². The van der Waals surface area contributed by atoms with Crippen molar-refractivity contribution in [1.82, 2.24) is 0 Å². The summed E-state index contributed by atoms with van der Waals surface area (Å²) in [5, 5.41) is 9.56. The second-order valence-corrected chi connectivity index (χ2v) is 14.8. The Morgan fingerprint density at radius 1 is 0.315 bits per heavy atom. The summed E-state index contributed by atoms with van der Waals surface area (Å²) in [6.07, 6.45) is 0. The second kappa shape index (κ2) is 12.4. The van der Waals surface area contributed by atoms with Crippen LogP contribution in [0.5, 0.6) is 0 Å². The minimum Gasteiger partial charge on any atom is -0.456 e. The van der Waals surface area contributed by atoms with Crippen molar-refractivity contribution in [1.29, 1.82) is 0 Å². The Kier molecular flexibility index (Phi) is 7.04. The summed E-state index contributed by atoms with van der Waals surface area (Å²) in [6.45, 7) is 0. The van der Waals surface area contributed by atoms with Gasteiger partial charge in [0, 0.05) is 70.5 Å². The van der Waals surface area contributed by atoms with E-state index in [0.717, 1.165) is 56.1 Å². The lowest BCUT2D eigenvalue weighted by atomic mass is 10.0. The van der Waals surface area contributed by atoms with E-state index in [2.05, 4.69) is 204 Å². The average molecular weight is 709 g/mol. The summed E-state index contributed by atoms with van der Waals surface area (Å²) in [5.41, 5.74) is 8.48. The third-order valence-electron chi connectivity index (χ3n) is 10.6. The van der Waals surface area contributed by atoms with Gasteiger partial charge in [0.2, 0.25) is 0 Å². The smallest absolute Gasteiger partial charge is 0.137 e. The summed E-state index contributed by atoms with van der Waals surface area (Å²) in [4.78, 5) is 4.70. The minimum absolute atomic E-state index is 0.876. The summed E-state index contributed by atoms with van der Waals surface area (Å²) in [6, 6.07) is 69.5. The summed E-state index contributed by atoms with van der Waals surface area (Å²) >= 11 is 1.84. The number of hydrogen-bond acceptors (Lipinski definition) is 4. The van der Waals surface area contributed by atoms with Gasteiger partial charge < -0.3 is 14.2 Å². The molecule has 0 amide bonds. The first kappa shape index (κ1) is 30.7. The van der Waals surface area contributed by atoms with Crippen molar-refractivity contribution in [3.63, 3.8) is 0 Å². The number of rotatable bonds is 6. The van der Waals surface area contributed by atoms with Crippen LogP contribution in [-0.2, 0) is 0 Å². The predicted octanol–water partition coefficient (Wildman–Crippen LogP) is 15.2. The molecule has 4 heteroatoms. The molecule has 3 nitrogen and oxygen atoms in total. The molecule has 0 atom stereocenters. The van der Waals surface area contributed by atoms with Crippen molar-refractivity contribution in [3.8, 4) is 0 Å². The van der Waals surface area contributed by atoms with Gasteiger partial charge in [-0.05, 0) is 83.6 Å². The van der Waals surface area contributed by atoms with E-state index >= 15 is 0 Å². The zero-order valence-electron chi connectivity index (χ0n) is 29.2. The van der Waals surface area contributed by atoms with E-state index in [0.29, 0.717) is 0 Å². The fourth-order valence-electron chi connectivity index (χ4n) is 8.12. The van der Waals surface area contributed by atoms with Crippen LogP contribution in [0.2, 0.25) is 0 Å². The number of fused-ring (bicyclic) bond motifs is 8. The monoisotopic (exact) mass is 708 g/mol. The van der Waals surface area contributed by atoms with Crippen LogP contribution in [-0.4, -0.2) is 0 Å². The lowest BCUT2D eigenvalue weighted by Crippen LogP contribution is -2.10. The maximum absolute atomic E-state index is 6.72. The highest BCUT2D eigenvalue weighted by Gasteiger charge is 2.20. The van der Waals surface area contributed by atoms with Crippen LogP contribution < -0.4 is 9.80 Å². The molecule has 0 radical (unpaired) electrons. The first-order valence-corrected chi connectivity index (χ1v) is 19.1. The Labute approximate surface area is 316 Å². The average Bonchev–Trinajstić information content (AvgIpc) is 3.77. The molecular formula is C50H32N2OS. The van der Waals surface area contributed by atoms with Crippen LogP contribution in [0.25, 0.3) is 63.7 Å². The van der Waals surface area contributed by atoms with Gasteiger partial charge in [-0.15, -0.1) is 11.3 Å². The van der Waals surface area contributed by atoms with Crippen LogP contribution in [0, 0.1) is 0 Å². The quantitative estimate of drug-likeness (QED) is 0.171. The topological polar surface area (TPSA) is 19.6 Å². The van der Waals surface area contributed by atoms with E-state index in [-0.39, 0.29) is 0 Å². The van der Waals surface area contributed by atoms with Crippen molar-refractivity contribution < 1.29 is 4.42 Å². The van der Waals surface area contributed by atoms with Crippen molar-refractivity contribution in [3.05, 3.63) is 194 Å². The first-order valence-electron chi connectivity index (χ1n) is 18.3. The van der Waals surface area contributed by atoms with Gasteiger partial charge in [0.1, 0.15) is 11.2 Å². The molecular weight excluding hydrogens is 677 g/mol. The maximum Gasteiger partial charge on any atom is 0.137 e. The Morgan fingerprint density at radius 3 is 1.44 bits per heavy atom. The fourth-order valence-corrected chi connectivity index (χ4v) is 9.28. The van der Waals surface area contributed by atoms with Crippen molar-refractivity contribution in [2.45, 2.75) is 0 Å². The predicted molar refractivity (Wildman–Crippen MR) is 231 cm³/mol. The van der Waals surface area contributed by atoms with Crippen LogP contribution in [0.3, 0.4) is 0 Å². The van der Waals surface area contributed by atoms with Gasteiger partial charge in [-0.3, -0.25) is 0 Å². The van der Waals surface area contributed by atoms with Gasteiger partial charge in [-0.1, -0.05) is 115 Å². The summed E-state index contributed by atoms with van der Waals surface area (Å²) < 4.78 is 9.21. The third kappa shape index (κ3) is 4.96. The number of anilines is 6. The first-order chi connectivity index (χ1) is 26.8. The van der Waals surface area contributed by atoms with Crippen LogP contribution in [0.4, 0.5) is 34.1 Å². The molecule has 0 saturated carbocycles. The Morgan fingerprint density at radius 2 is 0.815 bits per heavy atom. The Bertz CT molecular complexity index is 2950. The number of para-hydroxylation sites is 2. The van der Waals surface area contributed by atoms with Gasteiger partial charge in [-0.2, -0.15) is 0 Å². The zero-order valence-corrected chi connectivity index (χ0v) is 30.0. The molecule has 9 aromatic carbocycles. The zero-order chi connectivity index (χ0) is 35.6. The second-order valence-electron chi connectivity index (χ2n) is 13.7. The highest BCUT2D eigenvalue weighted by molar-refractivity contribution is 7.26. The molecule has 11 aromatic rings. The van der Waals surface area contributed by atoms with Gasteiger partial charge in [0.15, 0.2) is 0 Å². The highest BCUT2D eigenvalue weighted by atomic mass is 32.1. The van der Waals surface area contributed by atoms with Crippen LogP contribution in [0.1, 0.15) is 0 Å². The van der Waals surface area contributed by atoms with E-state index in [4.69, 9.17) is 4.42 Å². The molecule has 54 heavy (non-hydrogen) atoms. The number of thiophene rings is 1. The molecule has 0 spiro atoms. The normalized spacial score (nSPS) is 11.7. The molecule has 0 fully saturated rings. The molecule has 0 aliphatic carbocycles. The Hall–Kier alpha value is -6.88. The summed E-state index contributed by atoms with van der Waals surface area (Å²) in [7, 11) is 0. The SMILES string of the molecule is c1ccc(N(c2ccc3c(c2)oc2cc4c(cc23)sc2cc(N(c3ccccc3)c3cccc5ccccc35)ccc24)c2cccc3ccccc23)cc1. The van der Waals surface area contributed by atoms with Gasteiger partial charge in [0.25, 0.3) is 0 Å². The third-order valence-corrected chi connectivity index (χ3v) is 11.7. The van der Waals surface area contributed by atoms with Crippen molar-refractivity contribution in [2.24, 2.45) is 0 Å². The fraction of sp³-hybridized carbons (Fsp3) is 0. The number of hydrogen-bond donors (Lipinski definition) is 0. The van der Waals surface area contributed by atoms with E-state index in [1.807, 2.05) is 11.3 Å². The molecule has 0 aliphatic heterocycles. The molecule has 0 N–H and O–H groups in total. The van der Waals surface area contributed by atoms with Crippen molar-refractivity contribution in [2.75, 3.05) is 9.80 Å². The van der Waals surface area contributed by atoms with Gasteiger partial charge >= 0.3 is 0 Å². The largest absolute Gasteiger partial charge is 0.456 e. The molecule has 0 bridgehead atoms. The molecule has 2 heterocycles. The van der Waals surface area contributed by atoms with E-state index in [1.165, 1.54) is 41.7 Å². The van der Waals surface area contributed by atoms with Gasteiger partial charge in [0.05, 0.1) is 11.4 Å². The molecule has 0 unspecified atom stereocenters.